The monoisotopic (exact) mass is 296 g/mol. The third-order valence-electron chi connectivity index (χ3n) is 3.71. The van der Waals surface area contributed by atoms with E-state index in [2.05, 4.69) is 26.1 Å². The average molecular weight is 297 g/mol. The van der Waals surface area contributed by atoms with Crippen LogP contribution in [0.15, 0.2) is 18.2 Å². The van der Waals surface area contributed by atoms with Crippen molar-refractivity contribution in [2.75, 3.05) is 20.2 Å². The van der Waals surface area contributed by atoms with Gasteiger partial charge in [-0.2, -0.15) is 0 Å². The smallest absolute Gasteiger partial charge is 0.258 e. The number of methoxy groups -OCH3 is 1. The van der Waals surface area contributed by atoms with Gasteiger partial charge in [0, 0.05) is 24.2 Å². The molecule has 5 heteroatoms. The van der Waals surface area contributed by atoms with Gasteiger partial charge < -0.3 is 15.0 Å². The molecule has 1 aliphatic rings. The number of nitrogens with one attached hydrogen (secondary N) is 1. The van der Waals surface area contributed by atoms with Crippen LogP contribution in [-0.2, 0) is 0 Å². The molecule has 0 aromatic heterocycles. The number of hydrogen-bond acceptors (Lipinski definition) is 3. The molecule has 1 N–H and O–H groups in total. The first-order valence-corrected chi connectivity index (χ1v) is 7.12. The van der Waals surface area contributed by atoms with E-state index < -0.39 is 0 Å². The second-order valence-electron chi connectivity index (χ2n) is 5.85. The summed E-state index contributed by atoms with van der Waals surface area (Å²) in [6.45, 7) is 7.62. The van der Waals surface area contributed by atoms with Crippen LogP contribution in [0.1, 0.15) is 31.1 Å². The number of amides is 1. The Morgan fingerprint density at radius 3 is 2.85 bits per heavy atom. The van der Waals surface area contributed by atoms with Crippen LogP contribution < -0.4 is 10.1 Å². The molecule has 4 nitrogen and oxygen atoms in total. The molecule has 1 atom stereocenters. The van der Waals surface area contributed by atoms with Gasteiger partial charge >= 0.3 is 0 Å². The minimum absolute atomic E-state index is 0.0392. The highest BCUT2D eigenvalue weighted by molar-refractivity contribution is 6.31. The number of halogens is 1. The highest BCUT2D eigenvalue weighted by Gasteiger charge is 2.37. The fraction of sp³-hybridized carbons (Fsp3) is 0.533. The van der Waals surface area contributed by atoms with Crippen molar-refractivity contribution < 1.29 is 9.53 Å². The van der Waals surface area contributed by atoms with E-state index in [9.17, 15) is 4.79 Å². The maximum atomic E-state index is 12.9. The Bertz CT molecular complexity index is 517. The topological polar surface area (TPSA) is 41.6 Å². The van der Waals surface area contributed by atoms with Crippen LogP contribution in [0.4, 0.5) is 0 Å². The first kappa shape index (κ1) is 15.1. The van der Waals surface area contributed by atoms with Crippen molar-refractivity contribution in [3.8, 4) is 5.75 Å². The van der Waals surface area contributed by atoms with Gasteiger partial charge in [0.15, 0.2) is 0 Å². The number of piperazine rings is 1. The van der Waals surface area contributed by atoms with E-state index >= 15 is 0 Å². The molecule has 1 heterocycles. The second-order valence-corrected chi connectivity index (χ2v) is 6.29. The molecular weight excluding hydrogens is 276 g/mol. The van der Waals surface area contributed by atoms with Crippen LogP contribution in [-0.4, -0.2) is 42.6 Å². The predicted molar refractivity (Wildman–Crippen MR) is 80.6 cm³/mol. The molecule has 1 aromatic rings. The molecule has 0 aliphatic carbocycles. The van der Waals surface area contributed by atoms with E-state index in [0.29, 0.717) is 22.9 Å². The van der Waals surface area contributed by atoms with Crippen molar-refractivity contribution in [1.82, 2.24) is 10.2 Å². The molecule has 0 saturated carbocycles. The van der Waals surface area contributed by atoms with Gasteiger partial charge in [-0.05, 0) is 39.0 Å². The number of carbonyl (C=O) groups excluding carboxylic acids is 1. The lowest BCUT2D eigenvalue weighted by molar-refractivity contribution is 0.0408. The molecule has 1 aliphatic heterocycles. The number of hydrogen-bond donors (Lipinski definition) is 1. The summed E-state index contributed by atoms with van der Waals surface area (Å²) >= 11 is 6.02. The predicted octanol–water partition coefficient (Wildman–Crippen LogP) is 2.56. The van der Waals surface area contributed by atoms with Gasteiger partial charge in [-0.1, -0.05) is 11.6 Å². The largest absolute Gasteiger partial charge is 0.496 e. The minimum Gasteiger partial charge on any atom is -0.496 e. The van der Waals surface area contributed by atoms with E-state index in [1.54, 1.807) is 25.3 Å². The lowest BCUT2D eigenvalue weighted by Crippen LogP contribution is -2.62. The molecule has 1 fully saturated rings. The van der Waals surface area contributed by atoms with Gasteiger partial charge in [0.1, 0.15) is 5.75 Å². The summed E-state index contributed by atoms with van der Waals surface area (Å²) in [5.41, 5.74) is 0.277. The van der Waals surface area contributed by atoms with Crippen molar-refractivity contribution in [3.05, 3.63) is 28.8 Å². The minimum atomic E-state index is -0.239. The van der Waals surface area contributed by atoms with Gasteiger partial charge in [-0.3, -0.25) is 4.79 Å². The fourth-order valence-corrected chi connectivity index (χ4v) is 2.63. The summed E-state index contributed by atoms with van der Waals surface area (Å²) in [4.78, 5) is 14.7. The summed E-state index contributed by atoms with van der Waals surface area (Å²) in [7, 11) is 1.56. The first-order chi connectivity index (χ1) is 9.35. The van der Waals surface area contributed by atoms with Crippen molar-refractivity contribution >= 4 is 17.5 Å². The van der Waals surface area contributed by atoms with Crippen LogP contribution in [0, 0.1) is 0 Å². The molecular formula is C15H21ClN2O2. The molecule has 0 spiro atoms. The highest BCUT2D eigenvalue weighted by atomic mass is 35.5. The summed E-state index contributed by atoms with van der Waals surface area (Å²) in [6.07, 6.45) is 0. The number of nitrogens with zero attached hydrogens (tertiary/aromatic N) is 1. The zero-order valence-corrected chi connectivity index (χ0v) is 13.1. The molecule has 0 radical (unpaired) electrons. The zero-order chi connectivity index (χ0) is 14.9. The quantitative estimate of drug-likeness (QED) is 0.912. The van der Waals surface area contributed by atoms with E-state index in [1.807, 2.05) is 4.90 Å². The van der Waals surface area contributed by atoms with Crippen LogP contribution in [0.3, 0.4) is 0 Å². The Hall–Kier alpha value is -1.26. The fourth-order valence-electron chi connectivity index (χ4n) is 2.46. The summed E-state index contributed by atoms with van der Waals surface area (Å²) in [6, 6.07) is 5.40. The SMILES string of the molecule is COc1ccc(Cl)cc1C(=O)N1CC(C)NCC1(C)C. The van der Waals surface area contributed by atoms with E-state index in [4.69, 9.17) is 16.3 Å². The van der Waals surface area contributed by atoms with E-state index in [0.717, 1.165) is 6.54 Å². The lowest BCUT2D eigenvalue weighted by atomic mass is 9.96. The van der Waals surface area contributed by atoms with Crippen molar-refractivity contribution in [3.63, 3.8) is 0 Å². The lowest BCUT2D eigenvalue weighted by Gasteiger charge is -2.45. The molecule has 1 aromatic carbocycles. The normalized spacial score (nSPS) is 21.6. The molecule has 1 amide bonds. The Labute approximate surface area is 125 Å². The van der Waals surface area contributed by atoms with Crippen molar-refractivity contribution in [2.45, 2.75) is 32.4 Å². The number of ether oxygens (including phenoxy) is 1. The summed E-state index contributed by atoms with van der Waals surface area (Å²) < 4.78 is 5.29. The molecule has 2 rings (SSSR count). The Morgan fingerprint density at radius 2 is 2.20 bits per heavy atom. The van der Waals surface area contributed by atoms with Gasteiger partial charge in [0.25, 0.3) is 5.91 Å². The molecule has 1 saturated heterocycles. The van der Waals surface area contributed by atoms with Crippen LogP contribution >= 0.6 is 11.6 Å². The van der Waals surface area contributed by atoms with Crippen LogP contribution in [0.2, 0.25) is 5.02 Å². The maximum Gasteiger partial charge on any atom is 0.258 e. The second kappa shape index (κ2) is 5.62. The molecule has 110 valence electrons. The number of benzene rings is 1. The Morgan fingerprint density at radius 1 is 1.50 bits per heavy atom. The Kier molecular flexibility index (Phi) is 4.25. The van der Waals surface area contributed by atoms with E-state index in [1.165, 1.54) is 0 Å². The zero-order valence-electron chi connectivity index (χ0n) is 12.4. The standard InChI is InChI=1S/C15H21ClN2O2/c1-10-8-18(15(2,3)9-17-10)14(19)12-7-11(16)5-6-13(12)20-4/h5-7,10,17H,8-9H2,1-4H3. The summed E-state index contributed by atoms with van der Waals surface area (Å²) in [5.74, 6) is 0.518. The van der Waals surface area contributed by atoms with Crippen LogP contribution in [0.5, 0.6) is 5.75 Å². The van der Waals surface area contributed by atoms with Gasteiger partial charge in [0.2, 0.25) is 0 Å². The van der Waals surface area contributed by atoms with Crippen molar-refractivity contribution in [2.24, 2.45) is 0 Å². The van der Waals surface area contributed by atoms with Gasteiger partial charge in [-0.25, -0.2) is 0 Å². The van der Waals surface area contributed by atoms with Crippen LogP contribution in [0.25, 0.3) is 0 Å². The third kappa shape index (κ3) is 2.91. The molecule has 20 heavy (non-hydrogen) atoms. The van der Waals surface area contributed by atoms with E-state index in [-0.39, 0.29) is 17.5 Å². The van der Waals surface area contributed by atoms with Gasteiger partial charge in [0.05, 0.1) is 18.2 Å². The maximum absolute atomic E-state index is 12.9. The Balaban J connectivity index is 2.37. The highest BCUT2D eigenvalue weighted by Crippen LogP contribution is 2.28. The molecule has 1 unspecified atom stereocenters. The van der Waals surface area contributed by atoms with Gasteiger partial charge in [-0.15, -0.1) is 0 Å². The van der Waals surface area contributed by atoms with Crippen molar-refractivity contribution in [1.29, 1.82) is 0 Å². The molecule has 0 bridgehead atoms. The third-order valence-corrected chi connectivity index (χ3v) is 3.94. The average Bonchev–Trinajstić information content (AvgIpc) is 2.40. The summed E-state index contributed by atoms with van der Waals surface area (Å²) in [5, 5.41) is 3.93. The first-order valence-electron chi connectivity index (χ1n) is 6.74. The number of carbonyl (C=O) groups is 1. The number of rotatable bonds is 2.